The van der Waals surface area contributed by atoms with Gasteiger partial charge in [0.25, 0.3) is 0 Å². The van der Waals surface area contributed by atoms with Crippen LogP contribution in [0.15, 0.2) is 65.8 Å². The summed E-state index contributed by atoms with van der Waals surface area (Å²) in [5, 5.41) is 0. The molecule has 124 valence electrons. The van der Waals surface area contributed by atoms with E-state index in [0.29, 0.717) is 5.92 Å². The van der Waals surface area contributed by atoms with E-state index in [1.165, 1.54) is 27.8 Å². The lowest BCUT2D eigenvalue weighted by Gasteiger charge is -2.32. The molecule has 1 heteroatoms. The van der Waals surface area contributed by atoms with E-state index in [4.69, 9.17) is 0 Å². The number of hydrogen-bond donors (Lipinski definition) is 0. The molecule has 1 aromatic rings. The van der Waals surface area contributed by atoms with Crippen LogP contribution in [0, 0.1) is 18.8 Å². The van der Waals surface area contributed by atoms with Gasteiger partial charge in [0.05, 0.1) is 0 Å². The van der Waals surface area contributed by atoms with Gasteiger partial charge in [0.15, 0.2) is 0 Å². The van der Waals surface area contributed by atoms with Crippen LogP contribution in [0.5, 0.6) is 0 Å². The Kier molecular flexibility index (Phi) is 4.99. The van der Waals surface area contributed by atoms with Crippen LogP contribution in [-0.4, -0.2) is 5.78 Å². The molecule has 0 heterocycles. The summed E-state index contributed by atoms with van der Waals surface area (Å²) in [5.74, 6) is 0.596. The maximum atomic E-state index is 12.6. The number of fused-ring (bicyclic) bond motifs is 1. The number of benzene rings is 1. The van der Waals surface area contributed by atoms with Gasteiger partial charge in [-0.15, -0.1) is 0 Å². The molecule has 0 saturated heterocycles. The molecule has 2 atom stereocenters. The summed E-state index contributed by atoms with van der Waals surface area (Å²) < 4.78 is 0. The van der Waals surface area contributed by atoms with E-state index in [2.05, 4.69) is 68.5 Å². The van der Waals surface area contributed by atoms with Gasteiger partial charge >= 0.3 is 0 Å². The Labute approximate surface area is 145 Å². The second-order valence-electron chi connectivity index (χ2n) is 6.86. The van der Waals surface area contributed by atoms with Crippen LogP contribution in [0.25, 0.3) is 5.57 Å². The van der Waals surface area contributed by atoms with Crippen molar-refractivity contribution in [1.29, 1.82) is 0 Å². The van der Waals surface area contributed by atoms with E-state index in [1.807, 2.05) is 0 Å². The van der Waals surface area contributed by atoms with E-state index >= 15 is 0 Å². The van der Waals surface area contributed by atoms with E-state index in [9.17, 15) is 4.79 Å². The fourth-order valence-electron chi connectivity index (χ4n) is 4.05. The normalized spacial score (nSPS) is 29.9. The van der Waals surface area contributed by atoms with Crippen LogP contribution in [0.4, 0.5) is 0 Å². The topological polar surface area (TPSA) is 17.1 Å². The highest BCUT2D eigenvalue weighted by Crippen LogP contribution is 2.41. The highest BCUT2D eigenvalue weighted by atomic mass is 16.1. The molecule has 0 radical (unpaired) electrons. The minimum Gasteiger partial charge on any atom is -0.299 e. The molecule has 2 aliphatic carbocycles. The highest BCUT2D eigenvalue weighted by molar-refractivity contribution is 5.88. The summed E-state index contributed by atoms with van der Waals surface area (Å²) >= 11 is 0. The van der Waals surface area contributed by atoms with Gasteiger partial charge in [0, 0.05) is 5.92 Å². The van der Waals surface area contributed by atoms with Crippen LogP contribution < -0.4 is 0 Å². The fourth-order valence-corrected chi connectivity index (χ4v) is 4.05. The fraction of sp³-hybridized carbons (Fsp3) is 0.348. The van der Waals surface area contributed by atoms with Gasteiger partial charge in [-0.2, -0.15) is 0 Å². The average Bonchev–Trinajstić information content (AvgIpc) is 2.56. The molecule has 0 bridgehead atoms. The molecule has 2 unspecified atom stereocenters. The van der Waals surface area contributed by atoms with E-state index < -0.39 is 0 Å². The van der Waals surface area contributed by atoms with Gasteiger partial charge in [-0.25, -0.2) is 0 Å². The van der Waals surface area contributed by atoms with Crippen molar-refractivity contribution < 1.29 is 4.79 Å². The SMILES string of the molecule is CC/C1=C(c2ccc(C)cc2)/C=C/C=C2\C=CCCC2C1C(C)=O. The molecule has 0 saturated carbocycles. The minimum atomic E-state index is -0.00699. The third-order valence-corrected chi connectivity index (χ3v) is 5.24. The van der Waals surface area contributed by atoms with Crippen LogP contribution in [-0.2, 0) is 4.79 Å². The number of allylic oxidation sites excluding steroid dienone is 8. The molecule has 2 aliphatic rings. The molecular formula is C23H26O. The van der Waals surface area contributed by atoms with Crippen LogP contribution in [0.1, 0.15) is 44.2 Å². The molecule has 0 fully saturated rings. The summed E-state index contributed by atoms with van der Waals surface area (Å²) in [5.41, 5.74) is 6.28. The minimum absolute atomic E-state index is 0.00699. The molecule has 24 heavy (non-hydrogen) atoms. The lowest BCUT2D eigenvalue weighted by atomic mass is 9.71. The smallest absolute Gasteiger partial charge is 0.137 e. The predicted molar refractivity (Wildman–Crippen MR) is 102 cm³/mol. The highest BCUT2D eigenvalue weighted by Gasteiger charge is 2.32. The van der Waals surface area contributed by atoms with Crippen molar-refractivity contribution >= 4 is 11.4 Å². The molecule has 0 aliphatic heterocycles. The quantitative estimate of drug-likeness (QED) is 0.685. The first-order valence-corrected chi connectivity index (χ1v) is 8.97. The zero-order valence-corrected chi connectivity index (χ0v) is 14.9. The number of Topliss-reactive ketones (excluding diaryl/α,β-unsaturated/α-hetero) is 1. The Morgan fingerprint density at radius 1 is 1.17 bits per heavy atom. The van der Waals surface area contributed by atoms with Crippen molar-refractivity contribution in [2.24, 2.45) is 11.8 Å². The first-order valence-electron chi connectivity index (χ1n) is 8.97. The van der Waals surface area contributed by atoms with E-state index in [0.717, 1.165) is 19.3 Å². The van der Waals surface area contributed by atoms with Crippen molar-refractivity contribution in [1.82, 2.24) is 0 Å². The standard InChI is InChI=1S/C23H26O/c1-4-20-21(19-14-12-16(2)13-15-19)11-7-9-18-8-5-6-10-22(18)23(20)17(3)24/h5,7-9,11-15,22-23H,4,6,10H2,1-3H3/b11-7+,18-9+,21-20+. The molecule has 0 aromatic heterocycles. The van der Waals surface area contributed by atoms with Crippen LogP contribution >= 0.6 is 0 Å². The third kappa shape index (κ3) is 3.21. The number of aryl methyl sites for hydroxylation is 1. The Balaban J connectivity index is 2.18. The van der Waals surface area contributed by atoms with E-state index in [1.54, 1.807) is 6.92 Å². The van der Waals surface area contributed by atoms with Crippen molar-refractivity contribution in [2.45, 2.75) is 40.0 Å². The largest absolute Gasteiger partial charge is 0.299 e. The Bertz CT molecular complexity index is 741. The van der Waals surface area contributed by atoms with Crippen LogP contribution in [0.2, 0.25) is 0 Å². The van der Waals surface area contributed by atoms with Crippen molar-refractivity contribution in [2.75, 3.05) is 0 Å². The lowest BCUT2D eigenvalue weighted by molar-refractivity contribution is -0.120. The second-order valence-corrected chi connectivity index (χ2v) is 6.86. The predicted octanol–water partition coefficient (Wildman–Crippen LogP) is 5.83. The molecule has 3 rings (SSSR count). The summed E-state index contributed by atoms with van der Waals surface area (Å²) in [4.78, 5) is 12.6. The Morgan fingerprint density at radius 2 is 1.92 bits per heavy atom. The zero-order chi connectivity index (χ0) is 17.1. The van der Waals surface area contributed by atoms with Gasteiger partial charge in [0.1, 0.15) is 5.78 Å². The van der Waals surface area contributed by atoms with Gasteiger partial charge in [0.2, 0.25) is 0 Å². The summed E-state index contributed by atoms with van der Waals surface area (Å²) in [6.45, 7) is 6.04. The molecule has 1 aromatic carbocycles. The number of carbonyl (C=O) groups excluding carboxylic acids is 1. The number of rotatable bonds is 3. The molecule has 0 N–H and O–H groups in total. The maximum Gasteiger partial charge on any atom is 0.137 e. The summed E-state index contributed by atoms with van der Waals surface area (Å²) in [6, 6.07) is 8.65. The van der Waals surface area contributed by atoms with E-state index in [-0.39, 0.29) is 11.7 Å². The lowest BCUT2D eigenvalue weighted by Crippen LogP contribution is -2.27. The molecular weight excluding hydrogens is 292 g/mol. The third-order valence-electron chi connectivity index (χ3n) is 5.24. The first-order chi connectivity index (χ1) is 11.6. The van der Waals surface area contributed by atoms with Crippen LogP contribution in [0.3, 0.4) is 0 Å². The van der Waals surface area contributed by atoms with Gasteiger partial charge in [-0.05, 0) is 55.7 Å². The number of carbonyl (C=O) groups is 1. The number of ketones is 1. The van der Waals surface area contributed by atoms with Gasteiger partial charge in [-0.1, -0.05) is 72.7 Å². The zero-order valence-electron chi connectivity index (χ0n) is 14.9. The first kappa shape index (κ1) is 16.7. The average molecular weight is 318 g/mol. The Hall–Kier alpha value is -2.15. The monoisotopic (exact) mass is 318 g/mol. The van der Waals surface area contributed by atoms with Gasteiger partial charge < -0.3 is 0 Å². The summed E-state index contributed by atoms with van der Waals surface area (Å²) in [6.07, 6.45) is 14.0. The molecule has 0 amide bonds. The van der Waals surface area contributed by atoms with Crippen molar-refractivity contribution in [3.63, 3.8) is 0 Å². The molecule has 1 nitrogen and oxygen atoms in total. The van der Waals surface area contributed by atoms with Crippen molar-refractivity contribution in [3.05, 3.63) is 76.9 Å². The second kappa shape index (κ2) is 7.17. The number of hydrogen-bond acceptors (Lipinski definition) is 1. The maximum absolute atomic E-state index is 12.6. The Morgan fingerprint density at radius 3 is 2.58 bits per heavy atom. The summed E-state index contributed by atoms with van der Waals surface area (Å²) in [7, 11) is 0. The molecule has 0 spiro atoms. The van der Waals surface area contributed by atoms with Gasteiger partial charge in [-0.3, -0.25) is 4.79 Å². The van der Waals surface area contributed by atoms with Crippen molar-refractivity contribution in [3.8, 4) is 0 Å².